The van der Waals surface area contributed by atoms with Crippen molar-refractivity contribution in [3.63, 3.8) is 0 Å². The van der Waals surface area contributed by atoms with E-state index in [1.54, 1.807) is 23.2 Å². The van der Waals surface area contributed by atoms with Crippen molar-refractivity contribution in [3.8, 4) is 0 Å². The van der Waals surface area contributed by atoms with Gasteiger partial charge in [0, 0.05) is 18.0 Å². The van der Waals surface area contributed by atoms with E-state index in [0.29, 0.717) is 13.1 Å². The summed E-state index contributed by atoms with van der Waals surface area (Å²) in [6.45, 7) is 7.01. The highest BCUT2D eigenvalue weighted by Gasteiger charge is 2.34. The van der Waals surface area contributed by atoms with Gasteiger partial charge in [-0.25, -0.2) is 0 Å². The molecule has 28 heavy (non-hydrogen) atoms. The zero-order valence-electron chi connectivity index (χ0n) is 16.7. The van der Waals surface area contributed by atoms with Crippen LogP contribution in [0.2, 0.25) is 0 Å². The Bertz CT molecular complexity index is 849. The van der Waals surface area contributed by atoms with Crippen molar-refractivity contribution in [2.24, 2.45) is 0 Å². The minimum atomic E-state index is -0.628. The number of benzene rings is 1. The normalized spacial score (nSPS) is 17.1. The minimum absolute atomic E-state index is 0.0239. The van der Waals surface area contributed by atoms with E-state index in [1.165, 1.54) is 16.0 Å². The second-order valence-corrected chi connectivity index (χ2v) is 8.93. The van der Waals surface area contributed by atoms with Crippen LogP contribution in [0.1, 0.15) is 47.9 Å². The molecule has 2 aromatic rings. The van der Waals surface area contributed by atoms with Crippen LogP contribution >= 0.6 is 22.9 Å². The summed E-state index contributed by atoms with van der Waals surface area (Å²) in [5.41, 5.74) is 3.52. The average molecular weight is 419 g/mol. The third-order valence-corrected chi connectivity index (χ3v) is 6.42. The van der Waals surface area contributed by atoms with Gasteiger partial charge >= 0.3 is 0 Å². The Morgan fingerprint density at radius 3 is 2.71 bits per heavy atom. The molecule has 2 amide bonds. The Morgan fingerprint density at radius 1 is 1.29 bits per heavy atom. The molecule has 0 N–H and O–H groups in total. The molecular weight excluding hydrogens is 392 g/mol. The third kappa shape index (κ3) is 4.26. The first-order valence-electron chi connectivity index (χ1n) is 9.78. The maximum Gasteiger partial charge on any atom is 0.242 e. The number of hydrogen-bond donors (Lipinski definition) is 0. The Balaban J connectivity index is 1.92. The SMILES string of the molecule is CCCN(CC(=O)N1CCc2sccc2[C@H]1c1ccccc1C)C(=O)[C@@H](C)Cl. The topological polar surface area (TPSA) is 40.6 Å². The molecule has 0 saturated carbocycles. The van der Waals surface area contributed by atoms with Crippen molar-refractivity contribution >= 4 is 34.8 Å². The molecule has 150 valence electrons. The quantitative estimate of drug-likeness (QED) is 0.652. The molecule has 3 rings (SSSR count). The number of hydrogen-bond acceptors (Lipinski definition) is 3. The Labute approximate surface area is 176 Å². The van der Waals surface area contributed by atoms with Crippen LogP contribution in [0.25, 0.3) is 0 Å². The maximum absolute atomic E-state index is 13.3. The number of aryl methyl sites for hydroxylation is 1. The predicted molar refractivity (Wildman–Crippen MR) is 115 cm³/mol. The monoisotopic (exact) mass is 418 g/mol. The molecule has 0 bridgehead atoms. The predicted octanol–water partition coefficient (Wildman–Crippen LogP) is 4.40. The number of alkyl halides is 1. The standard InChI is InChI=1S/C22H27ClN2O2S/c1-4-11-24(22(27)16(3)23)14-20(26)25-12-9-19-18(10-13-28-19)21(25)17-8-6-5-7-15(17)2/h5-8,10,13,16,21H,4,9,11-12,14H2,1-3H3/t16-,21-/m1/s1. The lowest BCUT2D eigenvalue weighted by Gasteiger charge is -2.38. The largest absolute Gasteiger partial charge is 0.332 e. The molecule has 0 unspecified atom stereocenters. The van der Waals surface area contributed by atoms with Crippen LogP contribution in [0.4, 0.5) is 0 Å². The van der Waals surface area contributed by atoms with E-state index in [4.69, 9.17) is 11.6 Å². The zero-order valence-corrected chi connectivity index (χ0v) is 18.2. The summed E-state index contributed by atoms with van der Waals surface area (Å²) in [6.07, 6.45) is 1.65. The fraction of sp³-hybridized carbons (Fsp3) is 0.455. The van der Waals surface area contributed by atoms with Gasteiger partial charge in [-0.15, -0.1) is 22.9 Å². The number of amides is 2. The molecule has 6 heteroatoms. The minimum Gasteiger partial charge on any atom is -0.332 e. The van der Waals surface area contributed by atoms with Crippen molar-refractivity contribution in [3.05, 3.63) is 57.3 Å². The lowest BCUT2D eigenvalue weighted by molar-refractivity contribution is -0.141. The summed E-state index contributed by atoms with van der Waals surface area (Å²) in [5.74, 6) is -0.207. The summed E-state index contributed by atoms with van der Waals surface area (Å²) in [7, 11) is 0. The molecule has 1 aromatic carbocycles. The molecule has 1 aliphatic heterocycles. The van der Waals surface area contributed by atoms with Crippen molar-refractivity contribution in [1.82, 2.24) is 9.80 Å². The Morgan fingerprint density at radius 2 is 2.04 bits per heavy atom. The zero-order chi connectivity index (χ0) is 20.3. The summed E-state index contributed by atoms with van der Waals surface area (Å²) in [4.78, 5) is 30.6. The van der Waals surface area contributed by atoms with E-state index in [-0.39, 0.29) is 24.4 Å². The van der Waals surface area contributed by atoms with Crippen LogP contribution in [0.3, 0.4) is 0 Å². The molecule has 4 nitrogen and oxygen atoms in total. The molecule has 0 aliphatic carbocycles. The van der Waals surface area contributed by atoms with Gasteiger partial charge in [0.2, 0.25) is 11.8 Å². The van der Waals surface area contributed by atoms with Crippen LogP contribution in [0.15, 0.2) is 35.7 Å². The first-order valence-corrected chi connectivity index (χ1v) is 11.1. The van der Waals surface area contributed by atoms with Gasteiger partial charge in [-0.1, -0.05) is 31.2 Å². The van der Waals surface area contributed by atoms with Crippen LogP contribution in [-0.2, 0) is 16.0 Å². The molecule has 1 aliphatic rings. The number of nitrogens with zero attached hydrogens (tertiary/aromatic N) is 2. The molecular formula is C22H27ClN2O2S. The average Bonchev–Trinajstić information content (AvgIpc) is 3.15. The van der Waals surface area contributed by atoms with Crippen LogP contribution < -0.4 is 0 Å². The van der Waals surface area contributed by atoms with Crippen LogP contribution in [-0.4, -0.2) is 46.6 Å². The highest BCUT2D eigenvalue weighted by molar-refractivity contribution is 7.10. The number of carbonyl (C=O) groups is 2. The summed E-state index contributed by atoms with van der Waals surface area (Å²) >= 11 is 7.77. The lowest BCUT2D eigenvalue weighted by Crippen LogP contribution is -2.48. The van der Waals surface area contributed by atoms with Gasteiger partial charge in [0.1, 0.15) is 5.38 Å². The van der Waals surface area contributed by atoms with E-state index in [0.717, 1.165) is 18.4 Å². The molecule has 0 spiro atoms. The van der Waals surface area contributed by atoms with E-state index < -0.39 is 5.38 Å². The molecule has 2 atom stereocenters. The van der Waals surface area contributed by atoms with Crippen molar-refractivity contribution in [2.45, 2.75) is 45.0 Å². The van der Waals surface area contributed by atoms with Crippen molar-refractivity contribution in [2.75, 3.05) is 19.6 Å². The van der Waals surface area contributed by atoms with Gasteiger partial charge in [-0.3, -0.25) is 9.59 Å². The van der Waals surface area contributed by atoms with E-state index >= 15 is 0 Å². The summed E-state index contributed by atoms with van der Waals surface area (Å²) in [6, 6.07) is 10.3. The second-order valence-electron chi connectivity index (χ2n) is 7.27. The third-order valence-electron chi connectivity index (χ3n) is 5.24. The fourth-order valence-corrected chi connectivity index (χ4v) is 4.90. The van der Waals surface area contributed by atoms with E-state index in [2.05, 4.69) is 30.5 Å². The number of carbonyl (C=O) groups excluding carboxylic acids is 2. The van der Waals surface area contributed by atoms with E-state index in [9.17, 15) is 9.59 Å². The van der Waals surface area contributed by atoms with Gasteiger partial charge in [0.05, 0.1) is 12.6 Å². The van der Waals surface area contributed by atoms with Gasteiger partial charge in [-0.2, -0.15) is 0 Å². The van der Waals surface area contributed by atoms with E-state index in [1.807, 2.05) is 24.0 Å². The molecule has 0 saturated heterocycles. The van der Waals surface area contributed by atoms with Crippen molar-refractivity contribution in [1.29, 1.82) is 0 Å². The number of thiophene rings is 1. The first-order chi connectivity index (χ1) is 13.4. The summed E-state index contributed by atoms with van der Waals surface area (Å²) < 4.78 is 0. The molecule has 1 aromatic heterocycles. The molecule has 2 heterocycles. The van der Waals surface area contributed by atoms with Crippen LogP contribution in [0.5, 0.6) is 0 Å². The second kappa shape index (κ2) is 9.10. The maximum atomic E-state index is 13.3. The Hall–Kier alpha value is -1.85. The van der Waals surface area contributed by atoms with Gasteiger partial charge < -0.3 is 9.80 Å². The summed E-state index contributed by atoms with van der Waals surface area (Å²) in [5, 5.41) is 1.47. The number of halogens is 1. The van der Waals surface area contributed by atoms with Gasteiger partial charge in [0.25, 0.3) is 0 Å². The number of rotatable bonds is 6. The first kappa shape index (κ1) is 20.9. The van der Waals surface area contributed by atoms with Crippen molar-refractivity contribution < 1.29 is 9.59 Å². The lowest BCUT2D eigenvalue weighted by atomic mass is 9.90. The fourth-order valence-electron chi connectivity index (χ4n) is 3.86. The highest BCUT2D eigenvalue weighted by atomic mass is 35.5. The number of fused-ring (bicyclic) bond motifs is 1. The molecule has 0 fully saturated rings. The van der Waals surface area contributed by atoms with Gasteiger partial charge in [0.15, 0.2) is 0 Å². The highest BCUT2D eigenvalue weighted by Crippen LogP contribution is 2.39. The smallest absolute Gasteiger partial charge is 0.242 e. The molecule has 0 radical (unpaired) electrons. The van der Waals surface area contributed by atoms with Crippen LogP contribution in [0, 0.1) is 6.92 Å². The van der Waals surface area contributed by atoms with Gasteiger partial charge in [-0.05, 0) is 54.8 Å². The Kier molecular flexibility index (Phi) is 6.78.